The molecule has 0 saturated carbocycles. The van der Waals surface area contributed by atoms with Crippen molar-refractivity contribution in [3.8, 4) is 0 Å². The number of imide groups is 1. The predicted molar refractivity (Wildman–Crippen MR) is 260 cm³/mol. The highest BCUT2D eigenvalue weighted by Crippen LogP contribution is 2.32. The monoisotopic (exact) mass is 951 g/mol. The first-order valence-electron chi connectivity index (χ1n) is 25.0. The maximum atomic E-state index is 14.6. The Hall–Kier alpha value is -4.76. The maximum Gasteiger partial charge on any atom is 0.307 e. The van der Waals surface area contributed by atoms with Crippen molar-refractivity contribution in [2.75, 3.05) is 40.9 Å². The number of Topliss-reactive ketones (excluding diaryl/α,β-unsaturated/α-hetero) is 2. The number of likely N-dealkylation sites (tertiary alicyclic amines) is 1. The second kappa shape index (κ2) is 28.7. The standard InChI is InChI=1S/C53H82N4O11/c1-11-37(6)50(45(67-9)34-49(63)56-30-20-25-43(56)51(68-10)38(7)44(59)32-40(53(65)66)31-39-21-14-12-15-22-39)54(8)52(64)42(35(2)3)33-48(62)55(36(4)5)28-19-17-24-41(58)23-16-13-18-29-57-46(60)26-27-47(57)61/h12,14-15,21-22,26-27,35-38,40,42-43,45,50-51H,11,13,16-20,23-25,28-34H2,1-10H3,(H,65,66)/t37-,38-,40+,42-,43-,45+,50-,51+/m0/s1. The summed E-state index contributed by atoms with van der Waals surface area (Å²) < 4.78 is 12.0. The summed E-state index contributed by atoms with van der Waals surface area (Å²) in [7, 11) is 4.79. The molecule has 15 nitrogen and oxygen atoms in total. The highest BCUT2D eigenvalue weighted by molar-refractivity contribution is 6.12. The number of benzene rings is 1. The zero-order valence-electron chi connectivity index (χ0n) is 42.7. The first kappa shape index (κ1) is 57.6. The third-order valence-electron chi connectivity index (χ3n) is 14.3. The molecular weight excluding hydrogens is 869 g/mol. The van der Waals surface area contributed by atoms with Crippen molar-refractivity contribution >= 4 is 47.1 Å². The van der Waals surface area contributed by atoms with Gasteiger partial charge in [0.15, 0.2) is 0 Å². The molecule has 1 saturated heterocycles. The van der Waals surface area contributed by atoms with Crippen LogP contribution in [0.3, 0.4) is 0 Å². The summed E-state index contributed by atoms with van der Waals surface area (Å²) in [5.74, 6) is -4.68. The second-order valence-electron chi connectivity index (χ2n) is 19.7. The predicted octanol–water partition coefficient (Wildman–Crippen LogP) is 6.93. The van der Waals surface area contributed by atoms with E-state index in [-0.39, 0.29) is 84.7 Å². The van der Waals surface area contributed by atoms with Gasteiger partial charge in [0.2, 0.25) is 17.7 Å². The van der Waals surface area contributed by atoms with E-state index in [1.807, 2.05) is 71.9 Å². The van der Waals surface area contributed by atoms with E-state index in [1.54, 1.807) is 35.8 Å². The summed E-state index contributed by atoms with van der Waals surface area (Å²) in [6.07, 6.45) is 7.46. The fourth-order valence-corrected chi connectivity index (χ4v) is 9.91. The summed E-state index contributed by atoms with van der Waals surface area (Å²) in [4.78, 5) is 111. The quantitative estimate of drug-likeness (QED) is 0.0583. The Morgan fingerprint density at radius 1 is 0.824 bits per heavy atom. The molecular formula is C53H82N4O11. The van der Waals surface area contributed by atoms with Gasteiger partial charge in [-0.2, -0.15) is 0 Å². The fraction of sp³-hybridized carbons (Fsp3) is 0.698. The molecule has 8 atom stereocenters. The largest absolute Gasteiger partial charge is 0.481 e. The minimum Gasteiger partial charge on any atom is -0.481 e. The molecule has 2 aliphatic rings. The summed E-state index contributed by atoms with van der Waals surface area (Å²) >= 11 is 0. The number of ether oxygens (including phenoxy) is 2. The van der Waals surface area contributed by atoms with Crippen LogP contribution in [0, 0.1) is 29.6 Å². The Labute approximate surface area is 405 Å². The van der Waals surface area contributed by atoms with Gasteiger partial charge in [0.25, 0.3) is 11.8 Å². The second-order valence-corrected chi connectivity index (χ2v) is 19.7. The number of hydrogen-bond acceptors (Lipinski definition) is 10. The van der Waals surface area contributed by atoms with Crippen LogP contribution in [0.4, 0.5) is 0 Å². The van der Waals surface area contributed by atoms with Gasteiger partial charge in [-0.1, -0.05) is 77.8 Å². The van der Waals surface area contributed by atoms with Gasteiger partial charge in [-0.15, -0.1) is 0 Å². The van der Waals surface area contributed by atoms with E-state index in [0.29, 0.717) is 77.4 Å². The summed E-state index contributed by atoms with van der Waals surface area (Å²) in [5, 5.41) is 10.0. The number of methoxy groups -OCH3 is 2. The van der Waals surface area contributed by atoms with Crippen LogP contribution in [0.5, 0.6) is 0 Å². The Kier molecular flexibility index (Phi) is 24.3. The molecule has 1 fully saturated rings. The number of amides is 5. The topological polar surface area (TPSA) is 188 Å². The van der Waals surface area contributed by atoms with Crippen LogP contribution in [-0.4, -0.2) is 143 Å². The smallest absolute Gasteiger partial charge is 0.307 e. The zero-order chi connectivity index (χ0) is 50.7. The number of carboxylic acid groups (broad SMARTS) is 1. The van der Waals surface area contributed by atoms with Crippen molar-refractivity contribution in [3.05, 3.63) is 48.0 Å². The van der Waals surface area contributed by atoms with Crippen LogP contribution in [0.25, 0.3) is 0 Å². The van der Waals surface area contributed by atoms with Crippen molar-refractivity contribution in [1.29, 1.82) is 0 Å². The zero-order valence-corrected chi connectivity index (χ0v) is 42.7. The molecule has 2 aliphatic heterocycles. The Bertz CT molecular complexity index is 1850. The number of aliphatic carboxylic acids is 1. The number of hydrogen-bond donors (Lipinski definition) is 1. The van der Waals surface area contributed by atoms with Gasteiger partial charge in [0, 0.05) is 96.6 Å². The van der Waals surface area contributed by atoms with Crippen molar-refractivity contribution in [2.24, 2.45) is 29.6 Å². The van der Waals surface area contributed by atoms with Crippen LogP contribution in [0.2, 0.25) is 0 Å². The molecule has 0 aromatic heterocycles. The lowest BCUT2D eigenvalue weighted by Crippen LogP contribution is -2.54. The van der Waals surface area contributed by atoms with Gasteiger partial charge in [-0.05, 0) is 76.2 Å². The van der Waals surface area contributed by atoms with E-state index >= 15 is 0 Å². The van der Waals surface area contributed by atoms with Crippen molar-refractivity contribution < 1.29 is 52.9 Å². The first-order chi connectivity index (χ1) is 32.3. The molecule has 1 N–H and O–H groups in total. The van der Waals surface area contributed by atoms with Crippen LogP contribution in [-0.2, 0) is 54.3 Å². The van der Waals surface area contributed by atoms with Crippen molar-refractivity contribution in [3.63, 3.8) is 0 Å². The van der Waals surface area contributed by atoms with Crippen molar-refractivity contribution in [1.82, 2.24) is 19.6 Å². The lowest BCUT2D eigenvalue weighted by atomic mass is 9.85. The molecule has 15 heteroatoms. The molecule has 1 aromatic rings. The fourth-order valence-electron chi connectivity index (χ4n) is 9.91. The van der Waals surface area contributed by atoms with Gasteiger partial charge >= 0.3 is 5.97 Å². The van der Waals surface area contributed by atoms with Crippen LogP contribution in [0.15, 0.2) is 42.5 Å². The van der Waals surface area contributed by atoms with Crippen molar-refractivity contribution in [2.45, 2.75) is 169 Å². The lowest BCUT2D eigenvalue weighted by molar-refractivity contribution is -0.150. The molecule has 0 aliphatic carbocycles. The highest BCUT2D eigenvalue weighted by Gasteiger charge is 2.43. The molecule has 0 spiro atoms. The average Bonchev–Trinajstić information content (AvgIpc) is 3.92. The average molecular weight is 951 g/mol. The molecule has 5 amide bonds. The Morgan fingerprint density at radius 3 is 2.01 bits per heavy atom. The Balaban J connectivity index is 1.62. The number of carboxylic acids is 1. The molecule has 1 aromatic carbocycles. The molecule has 0 bridgehead atoms. The minimum atomic E-state index is -1.04. The number of rotatable bonds is 32. The van der Waals surface area contributed by atoms with Gasteiger partial charge < -0.3 is 29.3 Å². The van der Waals surface area contributed by atoms with Crippen LogP contribution >= 0.6 is 0 Å². The van der Waals surface area contributed by atoms with E-state index in [2.05, 4.69) is 0 Å². The van der Waals surface area contributed by atoms with E-state index < -0.39 is 48.0 Å². The summed E-state index contributed by atoms with van der Waals surface area (Å²) in [6.45, 7) is 14.8. The third-order valence-corrected chi connectivity index (χ3v) is 14.3. The minimum absolute atomic E-state index is 0.0106. The lowest BCUT2D eigenvalue weighted by Gasteiger charge is -2.41. The molecule has 380 valence electrons. The third kappa shape index (κ3) is 16.7. The van der Waals surface area contributed by atoms with E-state index in [1.165, 1.54) is 24.2 Å². The molecule has 3 rings (SSSR count). The molecule has 0 radical (unpaired) electrons. The first-order valence-corrected chi connectivity index (χ1v) is 25.0. The van der Waals surface area contributed by atoms with E-state index in [9.17, 15) is 43.5 Å². The summed E-state index contributed by atoms with van der Waals surface area (Å²) in [5.41, 5.74) is 0.834. The van der Waals surface area contributed by atoms with Gasteiger partial charge in [0.1, 0.15) is 11.6 Å². The van der Waals surface area contributed by atoms with E-state index in [4.69, 9.17) is 9.47 Å². The SMILES string of the molecule is CC[C@H](C)[C@@H]([C@@H](CC(=O)N1CCC[C@H]1[C@H](OC)[C@@H](C)C(=O)C[C@@H](Cc1ccccc1)C(=O)O)OC)N(C)C(=O)[C@@H](CC(=O)N(CCCCC(=O)CCCCCN1C(=O)C=CC1=O)C(C)C)C(C)C. The molecule has 0 unspecified atom stereocenters. The van der Waals surface area contributed by atoms with Gasteiger partial charge in [-0.3, -0.25) is 43.3 Å². The van der Waals surface area contributed by atoms with Gasteiger partial charge in [0.05, 0.1) is 36.6 Å². The maximum absolute atomic E-state index is 14.6. The molecule has 2 heterocycles. The van der Waals surface area contributed by atoms with Crippen LogP contribution < -0.4 is 0 Å². The summed E-state index contributed by atoms with van der Waals surface area (Å²) in [6, 6.07) is 8.20. The van der Waals surface area contributed by atoms with Crippen LogP contribution in [0.1, 0.15) is 138 Å². The molecule has 68 heavy (non-hydrogen) atoms. The number of likely N-dealkylation sites (N-methyl/N-ethyl adjacent to an activating group) is 1. The highest BCUT2D eigenvalue weighted by atomic mass is 16.5. The van der Waals surface area contributed by atoms with E-state index in [0.717, 1.165) is 12.0 Å². The van der Waals surface area contributed by atoms with Gasteiger partial charge in [-0.25, -0.2) is 0 Å². The normalized spacial score (nSPS) is 18.1. The number of unbranched alkanes of at least 4 members (excludes halogenated alkanes) is 3. The number of carbonyl (C=O) groups excluding carboxylic acids is 7. The Morgan fingerprint density at radius 2 is 1.46 bits per heavy atom. The number of carbonyl (C=O) groups is 8. The number of ketones is 2. The number of nitrogens with zero attached hydrogens (tertiary/aromatic N) is 4.